The molecule has 124 valence electrons. The Kier molecular flexibility index (Phi) is 4.35. The molecule has 0 saturated heterocycles. The van der Waals surface area contributed by atoms with Crippen LogP contribution in [0.25, 0.3) is 10.9 Å². The number of H-pyrrole nitrogens is 1. The molecular formula is C15H15F3N2O3. The van der Waals surface area contributed by atoms with E-state index in [9.17, 15) is 22.8 Å². The smallest absolute Gasteiger partial charge is 0.450 e. The van der Waals surface area contributed by atoms with Gasteiger partial charge in [0.2, 0.25) is 11.7 Å². The van der Waals surface area contributed by atoms with Crippen LogP contribution in [-0.2, 0) is 9.59 Å². The summed E-state index contributed by atoms with van der Waals surface area (Å²) in [5, 5.41) is 3.16. The highest BCUT2D eigenvalue weighted by molar-refractivity contribution is 6.08. The first kappa shape index (κ1) is 16.9. The molecule has 23 heavy (non-hydrogen) atoms. The number of amides is 1. The van der Waals surface area contributed by atoms with E-state index in [1.165, 1.54) is 13.2 Å². The molecule has 2 rings (SSSR count). The van der Waals surface area contributed by atoms with Gasteiger partial charge < -0.3 is 15.0 Å². The summed E-state index contributed by atoms with van der Waals surface area (Å²) < 4.78 is 41.8. The lowest BCUT2D eigenvalue weighted by Gasteiger charge is -2.11. The van der Waals surface area contributed by atoms with Gasteiger partial charge in [-0.15, -0.1) is 0 Å². The zero-order valence-corrected chi connectivity index (χ0v) is 12.7. The number of aromatic nitrogens is 1. The van der Waals surface area contributed by atoms with Crippen LogP contribution in [0.4, 0.5) is 18.9 Å². The number of carbonyl (C=O) groups excluding carboxylic acids is 2. The van der Waals surface area contributed by atoms with E-state index < -0.39 is 24.3 Å². The van der Waals surface area contributed by atoms with Crippen molar-refractivity contribution in [2.75, 3.05) is 12.4 Å². The van der Waals surface area contributed by atoms with Gasteiger partial charge in [0.25, 0.3) is 0 Å². The highest BCUT2D eigenvalue weighted by Crippen LogP contribution is 2.35. The van der Waals surface area contributed by atoms with Crippen molar-refractivity contribution in [2.24, 2.45) is 0 Å². The number of benzene rings is 1. The molecule has 0 unspecified atom stereocenters. The Bertz CT molecular complexity index is 778. The van der Waals surface area contributed by atoms with E-state index in [1.54, 1.807) is 6.07 Å². The average Bonchev–Trinajstić information content (AvgIpc) is 2.73. The molecular weight excluding hydrogens is 313 g/mol. The Morgan fingerprint density at radius 2 is 1.91 bits per heavy atom. The van der Waals surface area contributed by atoms with Crippen LogP contribution in [0.15, 0.2) is 12.1 Å². The monoisotopic (exact) mass is 328 g/mol. The molecule has 2 N–H and O–H groups in total. The highest BCUT2D eigenvalue weighted by Gasteiger charge is 2.39. The van der Waals surface area contributed by atoms with E-state index >= 15 is 0 Å². The third-order valence-corrected chi connectivity index (χ3v) is 3.55. The van der Waals surface area contributed by atoms with Gasteiger partial charge in [0.05, 0.1) is 24.7 Å². The minimum Gasteiger partial charge on any atom is -0.492 e. The number of alkyl halides is 3. The van der Waals surface area contributed by atoms with E-state index in [0.717, 1.165) is 16.6 Å². The van der Waals surface area contributed by atoms with Crippen molar-refractivity contribution in [1.82, 2.24) is 4.98 Å². The number of halogens is 3. The van der Waals surface area contributed by atoms with Crippen LogP contribution < -0.4 is 10.1 Å². The lowest BCUT2D eigenvalue weighted by molar-refractivity contribution is -0.171. The van der Waals surface area contributed by atoms with Crippen LogP contribution in [-0.4, -0.2) is 30.0 Å². The average molecular weight is 328 g/mol. The number of carbonyl (C=O) groups is 2. The van der Waals surface area contributed by atoms with Crippen molar-refractivity contribution in [3.05, 3.63) is 23.4 Å². The van der Waals surface area contributed by atoms with E-state index in [2.05, 4.69) is 10.3 Å². The first-order chi connectivity index (χ1) is 10.6. The molecule has 0 atom stereocenters. The molecule has 0 spiro atoms. The number of nitrogens with one attached hydrogen (secondary N) is 2. The molecule has 0 aliphatic rings. The summed E-state index contributed by atoms with van der Waals surface area (Å²) in [7, 11) is 1.39. The quantitative estimate of drug-likeness (QED) is 0.846. The second kappa shape index (κ2) is 5.94. The number of hydrogen-bond acceptors (Lipinski definition) is 3. The van der Waals surface area contributed by atoms with Crippen LogP contribution >= 0.6 is 0 Å². The summed E-state index contributed by atoms with van der Waals surface area (Å²) in [4.78, 5) is 25.6. The fraction of sp³-hybridized carbons (Fsp3) is 0.333. The summed E-state index contributed by atoms with van der Waals surface area (Å²) in [6.07, 6.45) is -6.30. The predicted molar refractivity (Wildman–Crippen MR) is 78.6 cm³/mol. The number of aromatic amines is 1. The second-order valence-corrected chi connectivity index (χ2v) is 5.09. The number of Topliss-reactive ketones (excluding diaryl/α,β-unsaturated/α-hetero) is 1. The number of methoxy groups -OCH3 is 1. The van der Waals surface area contributed by atoms with Gasteiger partial charge >= 0.3 is 6.18 Å². The second-order valence-electron chi connectivity index (χ2n) is 5.09. The van der Waals surface area contributed by atoms with Crippen LogP contribution in [0.2, 0.25) is 0 Å². The third kappa shape index (κ3) is 3.30. The van der Waals surface area contributed by atoms with E-state index in [0.29, 0.717) is 11.3 Å². The Balaban J connectivity index is 2.30. The predicted octanol–water partition coefficient (Wildman–Crippen LogP) is 3.25. The summed E-state index contributed by atoms with van der Waals surface area (Å²) in [5.41, 5.74) is 2.74. The lowest BCUT2D eigenvalue weighted by atomic mass is 10.1. The van der Waals surface area contributed by atoms with Crippen LogP contribution in [0, 0.1) is 13.8 Å². The molecule has 0 aliphatic carbocycles. The molecule has 2 aromatic rings. The zero-order chi connectivity index (χ0) is 17.4. The number of aryl methyl sites for hydroxylation is 2. The first-order valence-corrected chi connectivity index (χ1v) is 6.71. The minimum atomic E-state index is -5.03. The third-order valence-electron chi connectivity index (χ3n) is 3.55. The number of fused-ring (bicyclic) bond motifs is 1. The Labute approximate surface area is 129 Å². The number of ketones is 1. The summed E-state index contributed by atoms with van der Waals surface area (Å²) in [6.45, 7) is 3.78. The number of rotatable bonds is 4. The molecule has 0 radical (unpaired) electrons. The standard InChI is InChI=1S/C15H15F3N2O3/c1-7-8(2)19-13-9(7)4-5-10(14(13)23-3)20-12(22)6-11(21)15(16,17)18/h4-5,19H,6H2,1-3H3,(H,20,22). The molecule has 0 saturated carbocycles. The SMILES string of the molecule is COc1c(NC(=O)CC(=O)C(F)(F)F)ccc2c(C)c(C)[nH]c12. The largest absolute Gasteiger partial charge is 0.492 e. The number of ether oxygens (including phenoxy) is 1. The topological polar surface area (TPSA) is 71.2 Å². The van der Waals surface area contributed by atoms with Crippen LogP contribution in [0.1, 0.15) is 17.7 Å². The van der Waals surface area contributed by atoms with Gasteiger partial charge in [-0.3, -0.25) is 9.59 Å². The van der Waals surface area contributed by atoms with E-state index in [-0.39, 0.29) is 5.69 Å². The van der Waals surface area contributed by atoms with Gasteiger partial charge in [-0.05, 0) is 25.5 Å². The molecule has 1 aromatic heterocycles. The van der Waals surface area contributed by atoms with Gasteiger partial charge in [0, 0.05) is 11.1 Å². The first-order valence-electron chi connectivity index (χ1n) is 6.71. The Morgan fingerprint density at radius 3 is 2.48 bits per heavy atom. The van der Waals surface area contributed by atoms with Gasteiger partial charge in [0.15, 0.2) is 5.75 Å². The molecule has 1 heterocycles. The Morgan fingerprint density at radius 1 is 1.26 bits per heavy atom. The van der Waals surface area contributed by atoms with Crippen molar-refractivity contribution in [3.63, 3.8) is 0 Å². The number of anilines is 1. The van der Waals surface area contributed by atoms with Crippen LogP contribution in [0.5, 0.6) is 5.75 Å². The molecule has 8 heteroatoms. The fourth-order valence-corrected chi connectivity index (χ4v) is 2.25. The van der Waals surface area contributed by atoms with Crippen molar-refractivity contribution in [2.45, 2.75) is 26.4 Å². The van der Waals surface area contributed by atoms with Crippen molar-refractivity contribution in [1.29, 1.82) is 0 Å². The zero-order valence-electron chi connectivity index (χ0n) is 12.7. The molecule has 0 fully saturated rings. The maximum Gasteiger partial charge on any atom is 0.450 e. The van der Waals surface area contributed by atoms with Crippen molar-refractivity contribution >= 4 is 28.3 Å². The maximum absolute atomic E-state index is 12.2. The normalized spacial score (nSPS) is 11.6. The molecule has 1 aromatic carbocycles. The minimum absolute atomic E-state index is 0.196. The van der Waals surface area contributed by atoms with Gasteiger partial charge in [-0.1, -0.05) is 6.07 Å². The highest BCUT2D eigenvalue weighted by atomic mass is 19.4. The summed E-state index contributed by atoms with van der Waals surface area (Å²) in [5.74, 6) is -2.85. The molecule has 0 aliphatic heterocycles. The van der Waals surface area contributed by atoms with E-state index in [4.69, 9.17) is 4.74 Å². The van der Waals surface area contributed by atoms with Gasteiger partial charge in [-0.2, -0.15) is 13.2 Å². The summed E-state index contributed by atoms with van der Waals surface area (Å²) >= 11 is 0. The van der Waals surface area contributed by atoms with Crippen molar-refractivity contribution in [3.8, 4) is 5.75 Å². The van der Waals surface area contributed by atoms with Gasteiger partial charge in [-0.25, -0.2) is 0 Å². The maximum atomic E-state index is 12.2. The van der Waals surface area contributed by atoms with Gasteiger partial charge in [0.1, 0.15) is 0 Å². The lowest BCUT2D eigenvalue weighted by Crippen LogP contribution is -2.28. The summed E-state index contributed by atoms with van der Waals surface area (Å²) in [6, 6.07) is 3.25. The van der Waals surface area contributed by atoms with E-state index in [1.807, 2.05) is 13.8 Å². The molecule has 0 bridgehead atoms. The number of hydrogen-bond donors (Lipinski definition) is 2. The van der Waals surface area contributed by atoms with Crippen LogP contribution in [0.3, 0.4) is 0 Å². The Hall–Kier alpha value is -2.51. The fourth-order valence-electron chi connectivity index (χ4n) is 2.25. The van der Waals surface area contributed by atoms with Crippen molar-refractivity contribution < 1.29 is 27.5 Å². The molecule has 5 nitrogen and oxygen atoms in total. The molecule has 1 amide bonds.